The molecule has 0 aliphatic heterocycles. The second-order valence-electron chi connectivity index (χ2n) is 10.3. The molecule has 4 N–H and O–H groups in total. The van der Waals surface area contributed by atoms with Gasteiger partial charge in [0, 0.05) is 32.6 Å². The molecular formula is C34H44N4O6. The monoisotopic (exact) mass is 604 g/mol. The summed E-state index contributed by atoms with van der Waals surface area (Å²) in [4.78, 5) is 39.2. The van der Waals surface area contributed by atoms with Gasteiger partial charge in [-0.1, -0.05) is 91.0 Å². The van der Waals surface area contributed by atoms with Crippen LogP contribution in [0.4, 0.5) is 14.4 Å². The Kier molecular flexibility index (Phi) is 15.7. The number of unbranched alkanes of at least 4 members (excludes halogenated alkanes) is 1. The van der Waals surface area contributed by atoms with Gasteiger partial charge in [0.1, 0.15) is 19.3 Å². The van der Waals surface area contributed by atoms with Gasteiger partial charge in [0.05, 0.1) is 0 Å². The number of ether oxygens (including phenoxy) is 3. The predicted octanol–water partition coefficient (Wildman–Crippen LogP) is 5.76. The van der Waals surface area contributed by atoms with Gasteiger partial charge >= 0.3 is 18.3 Å². The van der Waals surface area contributed by atoms with E-state index in [9.17, 15) is 14.4 Å². The number of benzene rings is 3. The van der Waals surface area contributed by atoms with Crippen molar-refractivity contribution in [2.45, 2.75) is 58.0 Å². The van der Waals surface area contributed by atoms with E-state index in [2.05, 4.69) is 10.6 Å². The Labute approximate surface area is 259 Å². The highest BCUT2D eigenvalue weighted by molar-refractivity contribution is 5.68. The average Bonchev–Trinajstić information content (AvgIpc) is 3.06. The lowest BCUT2D eigenvalue weighted by atomic mass is 10.1. The molecule has 3 aromatic rings. The molecule has 0 saturated heterocycles. The molecule has 10 heteroatoms. The van der Waals surface area contributed by atoms with Crippen molar-refractivity contribution in [3.63, 3.8) is 0 Å². The Morgan fingerprint density at radius 3 is 1.84 bits per heavy atom. The third-order valence-corrected chi connectivity index (χ3v) is 6.80. The molecule has 10 nitrogen and oxygen atoms in total. The first-order chi connectivity index (χ1) is 21.5. The average molecular weight is 605 g/mol. The van der Waals surface area contributed by atoms with Gasteiger partial charge in [-0.15, -0.1) is 0 Å². The van der Waals surface area contributed by atoms with Gasteiger partial charge in [-0.2, -0.15) is 0 Å². The Bertz CT molecular complexity index is 1230. The van der Waals surface area contributed by atoms with Gasteiger partial charge in [0.25, 0.3) is 0 Å². The summed E-state index contributed by atoms with van der Waals surface area (Å²) in [6.07, 6.45) is 1.13. The van der Waals surface area contributed by atoms with Crippen LogP contribution in [0.3, 0.4) is 0 Å². The van der Waals surface area contributed by atoms with Crippen molar-refractivity contribution in [2.24, 2.45) is 5.73 Å². The van der Waals surface area contributed by atoms with Crippen LogP contribution in [0.1, 0.15) is 48.8 Å². The summed E-state index contributed by atoms with van der Waals surface area (Å²) in [6.45, 7) is 2.45. The van der Waals surface area contributed by atoms with Crippen molar-refractivity contribution in [3.05, 3.63) is 108 Å². The molecule has 44 heavy (non-hydrogen) atoms. The molecule has 0 aromatic heterocycles. The number of rotatable bonds is 18. The van der Waals surface area contributed by atoms with Crippen LogP contribution in [0, 0.1) is 0 Å². The molecule has 1 atom stereocenters. The van der Waals surface area contributed by atoms with Crippen molar-refractivity contribution in [2.75, 3.05) is 26.2 Å². The van der Waals surface area contributed by atoms with Crippen molar-refractivity contribution >= 4 is 18.3 Å². The van der Waals surface area contributed by atoms with Crippen molar-refractivity contribution < 1.29 is 28.6 Å². The fourth-order valence-electron chi connectivity index (χ4n) is 4.40. The van der Waals surface area contributed by atoms with Crippen LogP contribution >= 0.6 is 0 Å². The Morgan fingerprint density at radius 1 is 0.659 bits per heavy atom. The summed E-state index contributed by atoms with van der Waals surface area (Å²) in [5, 5.41) is 5.52. The summed E-state index contributed by atoms with van der Waals surface area (Å²) in [7, 11) is 0. The van der Waals surface area contributed by atoms with Crippen LogP contribution < -0.4 is 16.4 Å². The van der Waals surface area contributed by atoms with Crippen molar-refractivity contribution in [1.82, 2.24) is 15.5 Å². The summed E-state index contributed by atoms with van der Waals surface area (Å²) < 4.78 is 16.5. The van der Waals surface area contributed by atoms with E-state index in [-0.39, 0.29) is 25.9 Å². The highest BCUT2D eigenvalue weighted by atomic mass is 16.6. The third-order valence-electron chi connectivity index (χ3n) is 6.80. The lowest BCUT2D eigenvalue weighted by molar-refractivity contribution is 0.0823. The number of alkyl carbamates (subject to hydrolysis) is 2. The maximum atomic E-state index is 12.8. The topological polar surface area (TPSA) is 132 Å². The third kappa shape index (κ3) is 14.1. The van der Waals surface area contributed by atoms with Gasteiger partial charge in [-0.3, -0.25) is 0 Å². The Hall–Kier alpha value is -4.57. The molecule has 236 valence electrons. The van der Waals surface area contributed by atoms with E-state index in [0.717, 1.165) is 16.7 Å². The summed E-state index contributed by atoms with van der Waals surface area (Å²) in [6, 6.07) is 28.5. The number of hydrogen-bond acceptors (Lipinski definition) is 7. The van der Waals surface area contributed by atoms with Gasteiger partial charge in [-0.25, -0.2) is 14.4 Å². The second kappa shape index (κ2) is 20.4. The highest BCUT2D eigenvalue weighted by Crippen LogP contribution is 2.12. The summed E-state index contributed by atoms with van der Waals surface area (Å²) >= 11 is 0. The van der Waals surface area contributed by atoms with E-state index in [4.69, 9.17) is 19.9 Å². The zero-order valence-corrected chi connectivity index (χ0v) is 25.2. The number of nitrogens with two attached hydrogens (primary N) is 1. The molecule has 1 unspecified atom stereocenters. The smallest absolute Gasteiger partial charge is 0.410 e. The lowest BCUT2D eigenvalue weighted by Crippen LogP contribution is -2.35. The van der Waals surface area contributed by atoms with Gasteiger partial charge in [0.15, 0.2) is 0 Å². The van der Waals surface area contributed by atoms with Crippen LogP contribution in [0.15, 0.2) is 91.0 Å². The van der Waals surface area contributed by atoms with E-state index in [1.807, 2.05) is 91.0 Å². The van der Waals surface area contributed by atoms with Crippen molar-refractivity contribution in [1.29, 1.82) is 0 Å². The molecule has 3 aromatic carbocycles. The number of nitrogens with zero attached hydrogens (tertiary/aromatic N) is 1. The highest BCUT2D eigenvalue weighted by Gasteiger charge is 2.18. The molecule has 3 rings (SSSR count). The molecule has 0 aliphatic carbocycles. The molecule has 0 aliphatic rings. The number of carbonyl (C=O) groups excluding carboxylic acids is 3. The first-order valence-electron chi connectivity index (χ1n) is 15.1. The largest absolute Gasteiger partial charge is 0.446 e. The molecule has 3 amide bonds. The number of hydrogen-bond donors (Lipinski definition) is 3. The minimum absolute atomic E-state index is 0.170. The number of nitrogens with one attached hydrogen (secondary N) is 2. The molecule has 0 radical (unpaired) electrons. The molecule has 0 fully saturated rings. The Balaban J connectivity index is 1.46. The number of carbonyl (C=O) groups is 3. The SMILES string of the molecule is NCCCN(CCCCC(CCNC(=O)OCc1ccccc1)OC(=O)NCc1ccccc1)C(=O)OCc1ccccc1. The second-order valence-corrected chi connectivity index (χ2v) is 10.3. The van der Waals surface area contributed by atoms with Crippen LogP contribution in [-0.2, 0) is 34.0 Å². The predicted molar refractivity (Wildman–Crippen MR) is 169 cm³/mol. The van der Waals surface area contributed by atoms with Crippen LogP contribution in [0.5, 0.6) is 0 Å². The van der Waals surface area contributed by atoms with E-state index >= 15 is 0 Å². The standard InChI is InChI=1S/C34H44N4O6/c35-21-12-24-38(34(41)43-27-30-17-8-3-9-18-30)23-11-10-19-31(44-33(40)37-25-28-13-4-1-5-14-28)20-22-36-32(39)42-26-29-15-6-2-7-16-29/h1-9,13-18,31H,10-12,19-27,35H2,(H,36,39)(H,37,40). The van der Waals surface area contributed by atoms with E-state index in [1.54, 1.807) is 4.90 Å². The molecule has 0 saturated carbocycles. The quantitative estimate of drug-likeness (QED) is 0.124. The van der Waals surface area contributed by atoms with Gasteiger partial charge in [0.2, 0.25) is 0 Å². The van der Waals surface area contributed by atoms with E-state index in [1.165, 1.54) is 0 Å². The Morgan fingerprint density at radius 2 is 1.23 bits per heavy atom. The zero-order valence-electron chi connectivity index (χ0n) is 25.2. The molecule has 0 spiro atoms. The minimum Gasteiger partial charge on any atom is -0.446 e. The number of amides is 3. The fourth-order valence-corrected chi connectivity index (χ4v) is 4.40. The summed E-state index contributed by atoms with van der Waals surface area (Å²) in [5.74, 6) is 0. The van der Waals surface area contributed by atoms with E-state index in [0.29, 0.717) is 58.3 Å². The van der Waals surface area contributed by atoms with Crippen LogP contribution in [0.25, 0.3) is 0 Å². The minimum atomic E-state index is -0.536. The first kappa shape index (κ1) is 33.9. The zero-order chi connectivity index (χ0) is 31.2. The fraction of sp³-hybridized carbons (Fsp3) is 0.382. The molecular weight excluding hydrogens is 560 g/mol. The first-order valence-corrected chi connectivity index (χ1v) is 15.1. The lowest BCUT2D eigenvalue weighted by Gasteiger charge is -2.23. The van der Waals surface area contributed by atoms with Crippen LogP contribution in [0.2, 0.25) is 0 Å². The van der Waals surface area contributed by atoms with Gasteiger partial charge < -0.3 is 35.5 Å². The van der Waals surface area contributed by atoms with Crippen molar-refractivity contribution in [3.8, 4) is 0 Å². The van der Waals surface area contributed by atoms with Gasteiger partial charge in [-0.05, 0) is 48.9 Å². The maximum Gasteiger partial charge on any atom is 0.410 e. The molecule has 0 heterocycles. The van der Waals surface area contributed by atoms with Crippen LogP contribution in [-0.4, -0.2) is 55.5 Å². The van der Waals surface area contributed by atoms with E-state index < -0.39 is 18.3 Å². The normalized spacial score (nSPS) is 11.2. The maximum absolute atomic E-state index is 12.8. The molecule has 0 bridgehead atoms. The summed E-state index contributed by atoms with van der Waals surface area (Å²) in [5.41, 5.74) is 8.46.